The van der Waals surface area contributed by atoms with Crippen molar-refractivity contribution in [3.8, 4) is 0 Å². The Morgan fingerprint density at radius 3 is 2.70 bits per heavy atom. The molecule has 0 aliphatic carbocycles. The van der Waals surface area contributed by atoms with Gasteiger partial charge in [0.05, 0.1) is 11.7 Å². The van der Waals surface area contributed by atoms with Crippen LogP contribution in [0, 0.1) is 0 Å². The van der Waals surface area contributed by atoms with E-state index in [-0.39, 0.29) is 16.2 Å². The van der Waals surface area contributed by atoms with Gasteiger partial charge in [0.25, 0.3) is 0 Å². The Hall–Kier alpha value is -1.66. The first-order valence-corrected chi connectivity index (χ1v) is 9.28. The average molecular weight is 387 g/mol. The average Bonchev–Trinajstić information content (AvgIpc) is 2.98. The lowest BCUT2D eigenvalue weighted by atomic mass is 10.1. The number of halogens is 1. The smallest absolute Gasteiger partial charge is 0.141 e. The lowest BCUT2D eigenvalue weighted by molar-refractivity contribution is 0.357. The first kappa shape index (κ1) is 14.9. The van der Waals surface area contributed by atoms with Gasteiger partial charge in [-0.3, -0.25) is 9.98 Å². The van der Waals surface area contributed by atoms with Crippen LogP contribution in [0.1, 0.15) is 18.2 Å². The minimum atomic E-state index is 0.0745. The fraction of sp³-hybridized carbons (Fsp3) is 0.235. The Morgan fingerprint density at radius 2 is 1.91 bits per heavy atom. The number of rotatable bonds is 3. The molecule has 3 heterocycles. The van der Waals surface area contributed by atoms with Crippen molar-refractivity contribution in [2.24, 2.45) is 10.1 Å². The summed E-state index contributed by atoms with van der Waals surface area (Å²) in [5.74, 6) is 0.973. The third-order valence-corrected chi connectivity index (χ3v) is 5.69. The van der Waals surface area contributed by atoms with Gasteiger partial charge in [0.15, 0.2) is 0 Å². The molecule has 4 rings (SSSR count). The molecule has 0 bridgehead atoms. The Bertz CT molecular complexity index is 735. The molecule has 0 saturated carbocycles. The second-order valence-corrected chi connectivity index (χ2v) is 7.63. The lowest BCUT2D eigenvalue weighted by Gasteiger charge is -2.33. The highest BCUT2D eigenvalue weighted by atomic mass is 79.9. The van der Waals surface area contributed by atoms with Gasteiger partial charge in [-0.25, -0.2) is 5.01 Å². The molecule has 4 nitrogen and oxygen atoms in total. The highest BCUT2D eigenvalue weighted by Crippen LogP contribution is 2.39. The normalized spacial score (nSPS) is 26.0. The monoisotopic (exact) mass is 386 g/mol. The molecule has 0 radical (unpaired) electrons. The van der Waals surface area contributed by atoms with Gasteiger partial charge in [-0.1, -0.05) is 52.0 Å². The first-order chi connectivity index (χ1) is 11.3. The molecule has 116 valence electrons. The molecule has 1 aromatic heterocycles. The van der Waals surface area contributed by atoms with E-state index >= 15 is 0 Å². The van der Waals surface area contributed by atoms with E-state index in [1.54, 1.807) is 0 Å². The Balaban J connectivity index is 1.65. The molecule has 2 aliphatic rings. The molecule has 1 aromatic carbocycles. The number of thioether (sulfide) groups is 1. The second kappa shape index (κ2) is 6.45. The number of hydrogen-bond acceptors (Lipinski definition) is 5. The summed E-state index contributed by atoms with van der Waals surface area (Å²) in [5.41, 5.74) is 1.02. The fourth-order valence-electron chi connectivity index (χ4n) is 2.75. The van der Waals surface area contributed by atoms with Crippen LogP contribution in [0.2, 0.25) is 0 Å². The third-order valence-electron chi connectivity index (χ3n) is 3.83. The molecule has 3 atom stereocenters. The molecule has 0 saturated heterocycles. The largest absolute Gasteiger partial charge is 0.259 e. The van der Waals surface area contributed by atoms with Crippen molar-refractivity contribution in [2.45, 2.75) is 27.6 Å². The number of aromatic nitrogens is 1. The summed E-state index contributed by atoms with van der Waals surface area (Å²) in [5, 5.41) is 6.79. The van der Waals surface area contributed by atoms with Crippen LogP contribution in [-0.2, 0) is 0 Å². The number of amidine groups is 1. The third kappa shape index (κ3) is 3.05. The molecule has 2 aromatic rings. The number of hydrazone groups is 1. The summed E-state index contributed by atoms with van der Waals surface area (Å²) in [6.45, 7) is 0. The maximum Gasteiger partial charge on any atom is 0.141 e. The van der Waals surface area contributed by atoms with Gasteiger partial charge < -0.3 is 0 Å². The summed E-state index contributed by atoms with van der Waals surface area (Å²) >= 11 is 5.47. The van der Waals surface area contributed by atoms with Gasteiger partial charge in [0.2, 0.25) is 0 Å². The minimum Gasteiger partial charge on any atom is -0.259 e. The van der Waals surface area contributed by atoms with Gasteiger partial charge in [-0.15, -0.1) is 0 Å². The zero-order chi connectivity index (χ0) is 15.6. The predicted octanol–water partition coefficient (Wildman–Crippen LogP) is 4.11. The lowest BCUT2D eigenvalue weighted by Crippen LogP contribution is -2.39. The number of pyridine rings is 1. The maximum absolute atomic E-state index is 4.88. The number of alkyl halides is 1. The molecule has 2 aliphatic heterocycles. The Kier molecular flexibility index (Phi) is 4.18. The predicted molar refractivity (Wildman–Crippen MR) is 98.2 cm³/mol. The van der Waals surface area contributed by atoms with E-state index in [9.17, 15) is 0 Å². The molecular formula is C17H15BrN4S. The van der Waals surface area contributed by atoms with Crippen LogP contribution in [0.15, 0.2) is 69.7 Å². The summed E-state index contributed by atoms with van der Waals surface area (Å²) < 4.78 is 0. The van der Waals surface area contributed by atoms with Crippen LogP contribution in [0.3, 0.4) is 0 Å². The van der Waals surface area contributed by atoms with E-state index in [1.165, 1.54) is 4.90 Å². The van der Waals surface area contributed by atoms with Crippen LogP contribution in [0.25, 0.3) is 0 Å². The van der Waals surface area contributed by atoms with E-state index < -0.39 is 0 Å². The topological polar surface area (TPSA) is 40.9 Å². The van der Waals surface area contributed by atoms with Gasteiger partial charge in [0, 0.05) is 23.7 Å². The van der Waals surface area contributed by atoms with Gasteiger partial charge in [-0.2, -0.15) is 5.10 Å². The van der Waals surface area contributed by atoms with E-state index in [0.717, 1.165) is 18.0 Å². The zero-order valence-corrected chi connectivity index (χ0v) is 14.7. The minimum absolute atomic E-state index is 0.0745. The summed E-state index contributed by atoms with van der Waals surface area (Å²) in [4.78, 5) is 10.7. The SMILES string of the molecule is BrC1C=NN2C1=NC(c1ccccn1)CC2Sc1ccccc1. The van der Waals surface area contributed by atoms with Gasteiger partial charge in [-0.05, 0) is 24.3 Å². The Labute approximate surface area is 147 Å². The molecular weight excluding hydrogens is 372 g/mol. The summed E-state index contributed by atoms with van der Waals surface area (Å²) in [7, 11) is 0. The van der Waals surface area contributed by atoms with Crippen LogP contribution in [-0.4, -0.2) is 32.2 Å². The molecule has 6 heteroatoms. The number of nitrogens with zero attached hydrogens (tertiary/aromatic N) is 4. The highest BCUT2D eigenvalue weighted by Gasteiger charge is 2.37. The summed E-state index contributed by atoms with van der Waals surface area (Å²) in [6, 6.07) is 16.5. The van der Waals surface area contributed by atoms with Crippen molar-refractivity contribution in [1.29, 1.82) is 0 Å². The number of hydrogen-bond donors (Lipinski definition) is 0. The molecule has 0 spiro atoms. The fourth-order valence-corrected chi connectivity index (χ4v) is 4.36. The molecule has 0 fully saturated rings. The van der Waals surface area contributed by atoms with E-state index in [1.807, 2.05) is 53.4 Å². The van der Waals surface area contributed by atoms with E-state index in [4.69, 9.17) is 4.99 Å². The van der Waals surface area contributed by atoms with Crippen LogP contribution in [0.5, 0.6) is 0 Å². The molecule has 3 unspecified atom stereocenters. The highest BCUT2D eigenvalue weighted by molar-refractivity contribution is 9.10. The van der Waals surface area contributed by atoms with Crippen molar-refractivity contribution in [3.05, 3.63) is 60.4 Å². The van der Waals surface area contributed by atoms with E-state index in [0.29, 0.717) is 0 Å². The van der Waals surface area contributed by atoms with Crippen LogP contribution < -0.4 is 0 Å². The molecule has 0 amide bonds. The van der Waals surface area contributed by atoms with Crippen molar-refractivity contribution < 1.29 is 0 Å². The second-order valence-electron chi connectivity index (χ2n) is 5.39. The van der Waals surface area contributed by atoms with Crippen molar-refractivity contribution in [3.63, 3.8) is 0 Å². The van der Waals surface area contributed by atoms with Gasteiger partial charge >= 0.3 is 0 Å². The van der Waals surface area contributed by atoms with Crippen molar-refractivity contribution >= 4 is 39.7 Å². The summed E-state index contributed by atoms with van der Waals surface area (Å²) in [6.07, 6.45) is 4.62. The number of fused-ring (bicyclic) bond motifs is 1. The van der Waals surface area contributed by atoms with Crippen LogP contribution in [0.4, 0.5) is 0 Å². The molecule has 23 heavy (non-hydrogen) atoms. The molecule has 0 N–H and O–H groups in total. The van der Waals surface area contributed by atoms with Crippen LogP contribution >= 0.6 is 27.7 Å². The number of aliphatic imine (C=N–C) groups is 1. The first-order valence-electron chi connectivity index (χ1n) is 7.49. The Morgan fingerprint density at radius 1 is 1.09 bits per heavy atom. The van der Waals surface area contributed by atoms with E-state index in [2.05, 4.69) is 50.3 Å². The zero-order valence-electron chi connectivity index (χ0n) is 12.3. The quantitative estimate of drug-likeness (QED) is 0.745. The van der Waals surface area contributed by atoms with Crippen molar-refractivity contribution in [2.75, 3.05) is 0 Å². The van der Waals surface area contributed by atoms with Crippen molar-refractivity contribution in [1.82, 2.24) is 9.99 Å². The van der Waals surface area contributed by atoms with Gasteiger partial charge in [0.1, 0.15) is 16.0 Å². The maximum atomic E-state index is 4.88. The number of benzene rings is 1. The standard InChI is InChI=1S/C17H15BrN4S/c18-13-11-20-22-16(23-12-6-2-1-3-7-12)10-15(21-17(13)22)14-8-4-5-9-19-14/h1-9,11,13,15-16H,10H2.